The maximum absolute atomic E-state index is 11.4. The first-order chi connectivity index (χ1) is 8.31. The maximum Gasteiger partial charge on any atom is 0.306 e. The number of unbranched alkanes of at least 4 members (excludes halogenated alkanes) is 1. The number of ether oxygens (including phenoxy) is 1. The van der Waals surface area contributed by atoms with Crippen molar-refractivity contribution in [2.24, 2.45) is 0 Å². The third kappa shape index (κ3) is 3.07. The Morgan fingerprint density at radius 1 is 1.35 bits per heavy atom. The second-order valence-corrected chi connectivity index (χ2v) is 4.93. The number of carbonyl (C=O) groups is 1. The van der Waals surface area contributed by atoms with Crippen LogP contribution in [0.5, 0.6) is 0 Å². The number of thiophene rings is 1. The summed E-state index contributed by atoms with van der Waals surface area (Å²) < 4.78 is 6.51. The third-order valence-corrected chi connectivity index (χ3v) is 3.70. The average Bonchev–Trinajstić information content (AvgIpc) is 2.77. The van der Waals surface area contributed by atoms with Gasteiger partial charge in [0.1, 0.15) is 6.61 Å². The molecule has 0 aliphatic rings. The SMILES string of the molecule is CCCCC(=O)OCc1csc2ccccc12. The van der Waals surface area contributed by atoms with Crippen molar-refractivity contribution in [2.45, 2.75) is 32.8 Å². The average molecular weight is 248 g/mol. The maximum atomic E-state index is 11.4. The Balaban J connectivity index is 1.97. The van der Waals surface area contributed by atoms with Gasteiger partial charge in [0.15, 0.2) is 0 Å². The molecule has 90 valence electrons. The summed E-state index contributed by atoms with van der Waals surface area (Å²) in [5.74, 6) is -0.0952. The van der Waals surface area contributed by atoms with Gasteiger partial charge in [-0.3, -0.25) is 4.79 Å². The van der Waals surface area contributed by atoms with Crippen molar-refractivity contribution in [3.63, 3.8) is 0 Å². The smallest absolute Gasteiger partial charge is 0.306 e. The highest BCUT2D eigenvalue weighted by atomic mass is 32.1. The molecule has 2 nitrogen and oxygen atoms in total. The number of rotatable bonds is 5. The van der Waals surface area contributed by atoms with Crippen LogP contribution >= 0.6 is 11.3 Å². The Bertz CT molecular complexity index is 502. The quantitative estimate of drug-likeness (QED) is 0.743. The van der Waals surface area contributed by atoms with E-state index in [4.69, 9.17) is 4.74 Å². The number of benzene rings is 1. The van der Waals surface area contributed by atoms with Crippen LogP contribution < -0.4 is 0 Å². The Hall–Kier alpha value is -1.35. The number of fused-ring (bicyclic) bond motifs is 1. The van der Waals surface area contributed by atoms with Gasteiger partial charge >= 0.3 is 5.97 Å². The molecule has 0 saturated carbocycles. The molecular weight excluding hydrogens is 232 g/mol. The van der Waals surface area contributed by atoms with Gasteiger partial charge < -0.3 is 4.74 Å². The summed E-state index contributed by atoms with van der Waals surface area (Å²) in [6.07, 6.45) is 2.46. The van der Waals surface area contributed by atoms with Crippen LogP contribution in [0.25, 0.3) is 10.1 Å². The van der Waals surface area contributed by atoms with Gasteiger partial charge in [-0.05, 0) is 23.3 Å². The molecule has 0 bridgehead atoms. The lowest BCUT2D eigenvalue weighted by Crippen LogP contribution is -2.03. The Kier molecular flexibility index (Phi) is 4.15. The van der Waals surface area contributed by atoms with E-state index in [2.05, 4.69) is 24.4 Å². The van der Waals surface area contributed by atoms with E-state index in [-0.39, 0.29) is 5.97 Å². The van der Waals surface area contributed by atoms with Crippen LogP contribution in [0.15, 0.2) is 29.6 Å². The van der Waals surface area contributed by atoms with Crippen LogP contribution in [0, 0.1) is 0 Å². The minimum Gasteiger partial charge on any atom is -0.461 e. The van der Waals surface area contributed by atoms with Crippen LogP contribution in [0.1, 0.15) is 31.7 Å². The fraction of sp³-hybridized carbons (Fsp3) is 0.357. The molecule has 1 heterocycles. The molecular formula is C14H16O2S. The zero-order valence-corrected chi connectivity index (χ0v) is 10.8. The van der Waals surface area contributed by atoms with Crippen LogP contribution in [0.4, 0.5) is 0 Å². The lowest BCUT2D eigenvalue weighted by Gasteiger charge is -2.03. The normalized spacial score (nSPS) is 10.6. The van der Waals surface area contributed by atoms with Crippen molar-refractivity contribution in [1.29, 1.82) is 0 Å². The lowest BCUT2D eigenvalue weighted by molar-refractivity contribution is -0.145. The van der Waals surface area contributed by atoms with E-state index in [9.17, 15) is 4.79 Å². The first-order valence-corrected chi connectivity index (χ1v) is 6.80. The molecule has 0 amide bonds. The minimum atomic E-state index is -0.0952. The standard InChI is InChI=1S/C14H16O2S/c1-2-3-8-14(15)16-9-11-10-17-13-7-5-4-6-12(11)13/h4-7,10H,2-3,8-9H2,1H3. The molecule has 0 aliphatic carbocycles. The highest BCUT2D eigenvalue weighted by molar-refractivity contribution is 7.17. The number of hydrogen-bond acceptors (Lipinski definition) is 3. The van der Waals surface area contributed by atoms with Crippen molar-refractivity contribution in [3.8, 4) is 0 Å². The molecule has 0 fully saturated rings. The number of carbonyl (C=O) groups excluding carboxylic acids is 1. The molecule has 0 unspecified atom stereocenters. The minimum absolute atomic E-state index is 0.0952. The highest BCUT2D eigenvalue weighted by Crippen LogP contribution is 2.26. The summed E-state index contributed by atoms with van der Waals surface area (Å²) in [5.41, 5.74) is 1.11. The highest BCUT2D eigenvalue weighted by Gasteiger charge is 2.06. The van der Waals surface area contributed by atoms with Gasteiger partial charge in [0.2, 0.25) is 0 Å². The molecule has 0 atom stereocenters. The van der Waals surface area contributed by atoms with E-state index < -0.39 is 0 Å². The predicted octanol–water partition coefficient (Wildman–Crippen LogP) is 4.13. The monoisotopic (exact) mass is 248 g/mol. The summed E-state index contributed by atoms with van der Waals surface area (Å²) in [6.45, 7) is 2.46. The van der Waals surface area contributed by atoms with Crippen molar-refractivity contribution < 1.29 is 9.53 Å². The summed E-state index contributed by atoms with van der Waals surface area (Å²) in [5, 5.41) is 3.26. The first-order valence-electron chi connectivity index (χ1n) is 5.92. The fourth-order valence-corrected chi connectivity index (χ4v) is 2.64. The van der Waals surface area contributed by atoms with E-state index in [1.165, 1.54) is 10.1 Å². The summed E-state index contributed by atoms with van der Waals surface area (Å²) >= 11 is 1.69. The zero-order chi connectivity index (χ0) is 12.1. The van der Waals surface area contributed by atoms with E-state index in [1.807, 2.05) is 12.1 Å². The topological polar surface area (TPSA) is 26.3 Å². The van der Waals surface area contributed by atoms with Crippen molar-refractivity contribution in [3.05, 3.63) is 35.2 Å². The molecule has 0 spiro atoms. The Labute approximate surface area is 105 Å². The Morgan fingerprint density at radius 3 is 3.00 bits per heavy atom. The summed E-state index contributed by atoms with van der Waals surface area (Å²) in [4.78, 5) is 11.4. The second kappa shape index (κ2) is 5.82. The zero-order valence-electron chi connectivity index (χ0n) is 9.94. The molecule has 17 heavy (non-hydrogen) atoms. The third-order valence-electron chi connectivity index (χ3n) is 2.68. The van der Waals surface area contributed by atoms with E-state index in [0.717, 1.165) is 18.4 Å². The van der Waals surface area contributed by atoms with E-state index >= 15 is 0 Å². The van der Waals surface area contributed by atoms with Crippen molar-refractivity contribution in [1.82, 2.24) is 0 Å². The second-order valence-electron chi connectivity index (χ2n) is 4.02. The lowest BCUT2D eigenvalue weighted by atomic mass is 10.2. The van der Waals surface area contributed by atoms with Gasteiger partial charge in [0.25, 0.3) is 0 Å². The van der Waals surface area contributed by atoms with Crippen LogP contribution in [0.3, 0.4) is 0 Å². The largest absolute Gasteiger partial charge is 0.461 e. The summed E-state index contributed by atoms with van der Waals surface area (Å²) in [7, 11) is 0. The molecule has 0 N–H and O–H groups in total. The van der Waals surface area contributed by atoms with Gasteiger partial charge in [0.05, 0.1) is 0 Å². The molecule has 0 saturated heterocycles. The fourth-order valence-electron chi connectivity index (χ4n) is 1.70. The first kappa shape index (κ1) is 12.1. The van der Waals surface area contributed by atoms with Gasteiger partial charge in [-0.25, -0.2) is 0 Å². The number of esters is 1. The Morgan fingerprint density at radius 2 is 2.18 bits per heavy atom. The molecule has 0 aliphatic heterocycles. The van der Waals surface area contributed by atoms with Gasteiger partial charge in [-0.15, -0.1) is 11.3 Å². The van der Waals surface area contributed by atoms with Crippen LogP contribution in [-0.4, -0.2) is 5.97 Å². The molecule has 3 heteroatoms. The predicted molar refractivity (Wildman–Crippen MR) is 71.1 cm³/mol. The molecule has 0 radical (unpaired) electrons. The van der Waals surface area contributed by atoms with Gasteiger partial charge in [-0.1, -0.05) is 31.5 Å². The van der Waals surface area contributed by atoms with Crippen molar-refractivity contribution >= 4 is 27.4 Å². The molecule has 2 rings (SSSR count). The van der Waals surface area contributed by atoms with Gasteiger partial charge in [0, 0.05) is 16.7 Å². The molecule has 1 aromatic carbocycles. The van der Waals surface area contributed by atoms with E-state index in [1.54, 1.807) is 11.3 Å². The summed E-state index contributed by atoms with van der Waals surface area (Å²) in [6, 6.07) is 8.19. The molecule has 2 aromatic rings. The van der Waals surface area contributed by atoms with E-state index in [0.29, 0.717) is 13.0 Å². The van der Waals surface area contributed by atoms with Crippen molar-refractivity contribution in [2.75, 3.05) is 0 Å². The number of hydrogen-bond donors (Lipinski definition) is 0. The van der Waals surface area contributed by atoms with Crippen LogP contribution in [-0.2, 0) is 16.1 Å². The van der Waals surface area contributed by atoms with Gasteiger partial charge in [-0.2, -0.15) is 0 Å². The molecule has 1 aromatic heterocycles. The van der Waals surface area contributed by atoms with Crippen LogP contribution in [0.2, 0.25) is 0 Å².